The molecular weight excluding hydrogens is 274 g/mol. The zero-order chi connectivity index (χ0) is 13.8. The molecule has 112 valence electrons. The number of hydrogen-bond donors (Lipinski definition) is 1. The van der Waals surface area contributed by atoms with Crippen LogP contribution in [0.2, 0.25) is 0 Å². The number of aromatic nitrogens is 2. The van der Waals surface area contributed by atoms with Crippen LogP contribution < -0.4 is 5.32 Å². The van der Waals surface area contributed by atoms with Crippen molar-refractivity contribution in [2.45, 2.75) is 44.7 Å². The molecule has 3 rings (SSSR count). The first kappa shape index (κ1) is 14.4. The summed E-state index contributed by atoms with van der Waals surface area (Å²) in [6.07, 6.45) is 4.68. The molecule has 2 fully saturated rings. The van der Waals surface area contributed by atoms with Gasteiger partial charge in [0.2, 0.25) is 5.89 Å². The Labute approximate surface area is 124 Å². The molecule has 20 heavy (non-hydrogen) atoms. The summed E-state index contributed by atoms with van der Waals surface area (Å²) in [5.74, 6) is 4.49. The molecule has 1 aromatic rings. The van der Waals surface area contributed by atoms with Gasteiger partial charge in [0.15, 0.2) is 5.82 Å². The molecule has 0 aliphatic carbocycles. The van der Waals surface area contributed by atoms with E-state index in [1.165, 1.54) is 24.3 Å². The van der Waals surface area contributed by atoms with E-state index in [2.05, 4.69) is 15.5 Å². The van der Waals surface area contributed by atoms with E-state index in [-0.39, 0.29) is 6.04 Å². The summed E-state index contributed by atoms with van der Waals surface area (Å²) < 4.78 is 10.9. The van der Waals surface area contributed by atoms with Gasteiger partial charge in [-0.1, -0.05) is 5.16 Å². The second-order valence-electron chi connectivity index (χ2n) is 5.69. The number of aryl methyl sites for hydroxylation is 1. The van der Waals surface area contributed by atoms with Gasteiger partial charge in [-0.05, 0) is 44.3 Å². The molecule has 2 aliphatic rings. The lowest BCUT2D eigenvalue weighted by Gasteiger charge is -2.33. The minimum absolute atomic E-state index is 0.184. The Morgan fingerprint density at radius 1 is 1.30 bits per heavy atom. The molecule has 3 heterocycles. The van der Waals surface area contributed by atoms with Gasteiger partial charge < -0.3 is 14.6 Å². The van der Waals surface area contributed by atoms with Crippen LogP contribution in [0, 0.1) is 12.8 Å². The van der Waals surface area contributed by atoms with Crippen LogP contribution >= 0.6 is 11.8 Å². The van der Waals surface area contributed by atoms with Crippen molar-refractivity contribution in [1.82, 2.24) is 15.5 Å². The van der Waals surface area contributed by atoms with Crippen LogP contribution in [0.3, 0.4) is 0 Å². The van der Waals surface area contributed by atoms with Crippen LogP contribution in [0.15, 0.2) is 4.52 Å². The number of nitrogens with zero attached hydrogens (tertiary/aromatic N) is 2. The third-order valence-corrected chi connectivity index (χ3v) is 5.34. The summed E-state index contributed by atoms with van der Waals surface area (Å²) in [5.41, 5.74) is 0. The molecule has 2 aliphatic heterocycles. The van der Waals surface area contributed by atoms with Gasteiger partial charge in [-0.3, -0.25) is 0 Å². The largest absolute Gasteiger partial charge is 0.381 e. The van der Waals surface area contributed by atoms with Crippen molar-refractivity contribution >= 4 is 11.8 Å². The molecule has 5 nitrogen and oxygen atoms in total. The highest BCUT2D eigenvalue weighted by molar-refractivity contribution is 7.99. The highest BCUT2D eigenvalue weighted by Crippen LogP contribution is 2.31. The Bertz CT molecular complexity index is 414. The zero-order valence-electron chi connectivity index (χ0n) is 12.0. The Morgan fingerprint density at radius 2 is 2.15 bits per heavy atom. The number of nitrogens with one attached hydrogen (secondary N) is 1. The second-order valence-corrected chi connectivity index (χ2v) is 6.84. The van der Waals surface area contributed by atoms with Crippen molar-refractivity contribution in [3.05, 3.63) is 11.7 Å². The standard InChI is InChI=1S/C14H23N3O2S/c1-10-15-14(19-17-10)13(11-4-6-18-7-5-11)16-12-3-2-8-20-9-12/h11-13,16H,2-9H2,1H3/t12-,13-/m1/s1. The normalized spacial score (nSPS) is 26.6. The van der Waals surface area contributed by atoms with Crippen molar-refractivity contribution in [3.8, 4) is 0 Å². The third kappa shape index (κ3) is 3.54. The quantitative estimate of drug-likeness (QED) is 0.920. The van der Waals surface area contributed by atoms with E-state index in [1.807, 2.05) is 18.7 Å². The summed E-state index contributed by atoms with van der Waals surface area (Å²) in [6, 6.07) is 0.748. The van der Waals surface area contributed by atoms with Crippen molar-refractivity contribution in [3.63, 3.8) is 0 Å². The second kappa shape index (κ2) is 6.91. The highest BCUT2D eigenvalue weighted by Gasteiger charge is 2.31. The van der Waals surface area contributed by atoms with Gasteiger partial charge in [0.25, 0.3) is 0 Å². The van der Waals surface area contributed by atoms with Crippen LogP contribution in [0.1, 0.15) is 43.4 Å². The van der Waals surface area contributed by atoms with E-state index in [4.69, 9.17) is 9.26 Å². The molecule has 1 aromatic heterocycles. The average molecular weight is 297 g/mol. The summed E-state index contributed by atoms with van der Waals surface area (Å²) in [6.45, 7) is 3.56. The minimum atomic E-state index is 0.184. The van der Waals surface area contributed by atoms with Crippen LogP contribution in [0.25, 0.3) is 0 Å². The lowest BCUT2D eigenvalue weighted by Crippen LogP contribution is -2.41. The van der Waals surface area contributed by atoms with E-state index in [1.54, 1.807) is 0 Å². The van der Waals surface area contributed by atoms with E-state index < -0.39 is 0 Å². The van der Waals surface area contributed by atoms with E-state index in [9.17, 15) is 0 Å². The van der Waals surface area contributed by atoms with Gasteiger partial charge in [0, 0.05) is 25.0 Å². The molecule has 0 spiro atoms. The Morgan fingerprint density at radius 3 is 2.80 bits per heavy atom. The molecule has 0 radical (unpaired) electrons. The van der Waals surface area contributed by atoms with Crippen molar-refractivity contribution in [2.24, 2.45) is 5.92 Å². The maximum atomic E-state index is 5.48. The first-order chi connectivity index (χ1) is 9.83. The maximum absolute atomic E-state index is 5.48. The number of hydrogen-bond acceptors (Lipinski definition) is 6. The predicted molar refractivity (Wildman–Crippen MR) is 78.8 cm³/mol. The molecule has 0 aromatic carbocycles. The zero-order valence-corrected chi connectivity index (χ0v) is 12.8. The van der Waals surface area contributed by atoms with Crippen molar-refractivity contribution in [1.29, 1.82) is 0 Å². The van der Waals surface area contributed by atoms with Gasteiger partial charge in [-0.2, -0.15) is 16.7 Å². The van der Waals surface area contributed by atoms with E-state index >= 15 is 0 Å². The molecule has 2 atom stereocenters. The fourth-order valence-corrected chi connectivity index (χ4v) is 4.11. The molecular formula is C14H23N3O2S. The number of thioether (sulfide) groups is 1. The van der Waals surface area contributed by atoms with Crippen LogP contribution in [-0.4, -0.2) is 40.9 Å². The number of ether oxygens (including phenoxy) is 1. The average Bonchev–Trinajstić information content (AvgIpc) is 2.93. The smallest absolute Gasteiger partial charge is 0.244 e. The summed E-state index contributed by atoms with van der Waals surface area (Å²) in [4.78, 5) is 4.46. The molecule has 6 heteroatoms. The topological polar surface area (TPSA) is 60.2 Å². The SMILES string of the molecule is Cc1noc([C@H](N[C@@H]2CCCSC2)C2CCOCC2)n1. The molecule has 2 saturated heterocycles. The van der Waals surface area contributed by atoms with Gasteiger partial charge in [-0.25, -0.2) is 0 Å². The maximum Gasteiger partial charge on any atom is 0.244 e. The number of rotatable bonds is 4. The lowest BCUT2D eigenvalue weighted by molar-refractivity contribution is 0.0470. The Hall–Kier alpha value is -0.590. The van der Waals surface area contributed by atoms with Crippen molar-refractivity contribution in [2.75, 3.05) is 24.7 Å². The van der Waals surface area contributed by atoms with Gasteiger partial charge in [0.1, 0.15) is 0 Å². The van der Waals surface area contributed by atoms with E-state index in [0.29, 0.717) is 12.0 Å². The summed E-state index contributed by atoms with van der Waals surface area (Å²) in [5, 5.41) is 7.75. The van der Waals surface area contributed by atoms with Gasteiger partial charge >= 0.3 is 0 Å². The van der Waals surface area contributed by atoms with Crippen molar-refractivity contribution < 1.29 is 9.26 Å². The summed E-state index contributed by atoms with van der Waals surface area (Å²) in [7, 11) is 0. The van der Waals surface area contributed by atoms with Crippen LogP contribution in [0.5, 0.6) is 0 Å². The first-order valence-electron chi connectivity index (χ1n) is 7.54. The third-order valence-electron chi connectivity index (χ3n) is 4.12. The van der Waals surface area contributed by atoms with Crippen LogP contribution in [0.4, 0.5) is 0 Å². The lowest BCUT2D eigenvalue weighted by atomic mass is 9.90. The fourth-order valence-electron chi connectivity index (χ4n) is 3.02. The molecule has 0 saturated carbocycles. The summed E-state index contributed by atoms with van der Waals surface area (Å²) >= 11 is 2.04. The van der Waals surface area contributed by atoms with Gasteiger partial charge in [-0.15, -0.1) is 0 Å². The predicted octanol–water partition coefficient (Wildman–Crippen LogP) is 2.33. The Balaban J connectivity index is 1.71. The van der Waals surface area contributed by atoms with E-state index in [0.717, 1.165) is 37.8 Å². The highest BCUT2D eigenvalue weighted by atomic mass is 32.2. The Kier molecular flexibility index (Phi) is 4.96. The molecule has 1 N–H and O–H groups in total. The fraction of sp³-hybridized carbons (Fsp3) is 0.857. The minimum Gasteiger partial charge on any atom is -0.381 e. The molecule has 0 amide bonds. The molecule has 0 unspecified atom stereocenters. The monoisotopic (exact) mass is 297 g/mol. The van der Waals surface area contributed by atoms with Crippen LogP contribution in [-0.2, 0) is 4.74 Å². The van der Waals surface area contributed by atoms with Gasteiger partial charge in [0.05, 0.1) is 6.04 Å². The molecule has 0 bridgehead atoms. The first-order valence-corrected chi connectivity index (χ1v) is 8.70.